The predicted molar refractivity (Wildman–Crippen MR) is 133 cm³/mol. The largest absolute Gasteiger partial charge is 0.298 e. The average Bonchev–Trinajstić information content (AvgIpc) is 2.74. The zero-order valence-electron chi connectivity index (χ0n) is 19.5. The van der Waals surface area contributed by atoms with E-state index < -0.39 is 0 Å². The van der Waals surface area contributed by atoms with Crippen molar-refractivity contribution in [2.45, 2.75) is 62.2 Å². The van der Waals surface area contributed by atoms with Gasteiger partial charge in [-0.2, -0.15) is 0 Å². The zero-order valence-corrected chi connectivity index (χ0v) is 21.1. The first kappa shape index (κ1) is 26.1. The van der Waals surface area contributed by atoms with E-state index in [-0.39, 0.29) is 10.8 Å². The van der Waals surface area contributed by atoms with Crippen LogP contribution in [0.4, 0.5) is 0 Å². The van der Waals surface area contributed by atoms with Crippen molar-refractivity contribution in [3.05, 3.63) is 57.6 Å². The fourth-order valence-electron chi connectivity index (χ4n) is 3.19. The number of thioether (sulfide) groups is 2. The van der Waals surface area contributed by atoms with E-state index in [9.17, 15) is 19.2 Å². The molecule has 0 fully saturated rings. The summed E-state index contributed by atoms with van der Waals surface area (Å²) in [7, 11) is 0. The van der Waals surface area contributed by atoms with Crippen molar-refractivity contribution in [3.63, 3.8) is 0 Å². The maximum atomic E-state index is 11.7. The van der Waals surface area contributed by atoms with E-state index >= 15 is 0 Å². The summed E-state index contributed by atoms with van der Waals surface area (Å²) in [5, 5.41) is 0. The Hall–Kier alpha value is -2.18. The van der Waals surface area contributed by atoms with Gasteiger partial charge in [0.1, 0.15) is 0 Å². The lowest BCUT2D eigenvalue weighted by molar-refractivity contribution is 0.110. The molecule has 2 aromatic rings. The average molecular weight is 471 g/mol. The van der Waals surface area contributed by atoms with Crippen LogP contribution in [-0.4, -0.2) is 36.7 Å². The summed E-state index contributed by atoms with van der Waals surface area (Å²) in [6.45, 7) is 12.2. The summed E-state index contributed by atoms with van der Waals surface area (Å²) in [5.74, 6) is 1.22. The maximum absolute atomic E-state index is 11.7. The molecule has 6 heteroatoms. The first-order valence-corrected chi connectivity index (χ1v) is 12.4. The maximum Gasteiger partial charge on any atom is 0.151 e. The summed E-state index contributed by atoms with van der Waals surface area (Å²) < 4.78 is 0. The Bertz CT molecular complexity index is 886. The molecule has 0 aromatic heterocycles. The monoisotopic (exact) mass is 470 g/mol. The van der Waals surface area contributed by atoms with Crippen LogP contribution in [-0.2, 0) is 10.8 Å². The van der Waals surface area contributed by atoms with Gasteiger partial charge in [-0.25, -0.2) is 0 Å². The molecule has 0 spiro atoms. The number of hydrogen-bond acceptors (Lipinski definition) is 6. The van der Waals surface area contributed by atoms with Crippen LogP contribution < -0.4 is 0 Å². The van der Waals surface area contributed by atoms with Crippen molar-refractivity contribution in [2.24, 2.45) is 0 Å². The van der Waals surface area contributed by atoms with E-state index in [4.69, 9.17) is 0 Å². The van der Waals surface area contributed by atoms with E-state index in [1.165, 1.54) is 23.5 Å². The molecule has 170 valence electrons. The Kier molecular flexibility index (Phi) is 8.66. The van der Waals surface area contributed by atoms with Gasteiger partial charge in [0, 0.05) is 43.6 Å². The highest BCUT2D eigenvalue weighted by atomic mass is 32.2. The lowest BCUT2D eigenvalue weighted by Crippen LogP contribution is -2.13. The van der Waals surface area contributed by atoms with Crippen molar-refractivity contribution < 1.29 is 19.2 Å². The minimum Gasteiger partial charge on any atom is -0.298 e. The first-order valence-electron chi connectivity index (χ1n) is 10.4. The molecule has 0 bridgehead atoms. The second-order valence-electron chi connectivity index (χ2n) is 9.64. The van der Waals surface area contributed by atoms with E-state index in [0.717, 1.165) is 36.3 Å². The Labute approximate surface area is 198 Å². The molecule has 0 saturated carbocycles. The Balaban J connectivity index is 2.24. The molecule has 2 aromatic carbocycles. The lowest BCUT2D eigenvalue weighted by Gasteiger charge is -2.22. The van der Waals surface area contributed by atoms with Gasteiger partial charge in [-0.05, 0) is 46.2 Å². The molecule has 0 unspecified atom stereocenters. The Morgan fingerprint density at radius 1 is 0.562 bits per heavy atom. The highest BCUT2D eigenvalue weighted by molar-refractivity contribution is 8.03. The molecule has 0 heterocycles. The van der Waals surface area contributed by atoms with Gasteiger partial charge in [-0.1, -0.05) is 41.5 Å². The fraction of sp³-hybridized carbons (Fsp3) is 0.385. The molecular formula is C26H30O4S2. The predicted octanol–water partition coefficient (Wildman–Crippen LogP) is 6.42. The summed E-state index contributed by atoms with van der Waals surface area (Å²) in [5.41, 5.74) is 3.54. The quantitative estimate of drug-likeness (QED) is 0.239. The van der Waals surface area contributed by atoms with E-state index in [2.05, 4.69) is 0 Å². The third-order valence-corrected chi connectivity index (χ3v) is 7.70. The summed E-state index contributed by atoms with van der Waals surface area (Å²) in [6, 6.07) is 7.37. The second-order valence-corrected chi connectivity index (χ2v) is 11.8. The summed E-state index contributed by atoms with van der Waals surface area (Å²) >= 11 is 2.87. The van der Waals surface area contributed by atoms with Crippen molar-refractivity contribution in [2.75, 3.05) is 11.5 Å². The van der Waals surface area contributed by atoms with Gasteiger partial charge in [-0.15, -0.1) is 23.5 Å². The molecule has 0 N–H and O–H groups in total. The molecule has 0 radical (unpaired) electrons. The van der Waals surface area contributed by atoms with Crippen LogP contribution in [0.3, 0.4) is 0 Å². The number of hydrogen-bond donors (Lipinski definition) is 0. The van der Waals surface area contributed by atoms with Crippen molar-refractivity contribution >= 4 is 48.7 Å². The van der Waals surface area contributed by atoms with Crippen molar-refractivity contribution in [1.82, 2.24) is 0 Å². The second kappa shape index (κ2) is 10.6. The fourth-order valence-corrected chi connectivity index (χ4v) is 5.36. The van der Waals surface area contributed by atoms with Crippen LogP contribution in [0.15, 0.2) is 34.1 Å². The zero-order chi connectivity index (χ0) is 24.1. The van der Waals surface area contributed by atoms with Crippen LogP contribution in [0.2, 0.25) is 0 Å². The Morgan fingerprint density at radius 3 is 1.00 bits per heavy atom. The smallest absolute Gasteiger partial charge is 0.151 e. The molecular weight excluding hydrogens is 440 g/mol. The minimum absolute atomic E-state index is 0.176. The number of carbonyl (C=O) groups excluding carboxylic acids is 4. The molecule has 0 saturated heterocycles. The first-order chi connectivity index (χ1) is 15.0. The Morgan fingerprint density at radius 2 is 0.812 bits per heavy atom. The standard InChI is InChI=1S/C26H30O4S2/c1-25(2,3)21-9-17(13-27)23(18(10-21)14-28)31-7-8-32-24-19(15-29)11-22(26(4,5)6)12-20(24)16-30/h9-16H,7-8H2,1-6H3. The van der Waals surface area contributed by atoms with Crippen molar-refractivity contribution in [3.8, 4) is 0 Å². The third kappa shape index (κ3) is 6.20. The minimum atomic E-state index is -0.176. The van der Waals surface area contributed by atoms with E-state index in [1.54, 1.807) is 0 Å². The highest BCUT2D eigenvalue weighted by Crippen LogP contribution is 2.35. The topological polar surface area (TPSA) is 68.3 Å². The molecule has 4 nitrogen and oxygen atoms in total. The summed E-state index contributed by atoms with van der Waals surface area (Å²) in [4.78, 5) is 48.1. The SMILES string of the molecule is CC(C)(C)c1cc(C=O)c(SCCSc2c(C=O)cc(C(C)(C)C)cc2C=O)c(C=O)c1. The van der Waals surface area contributed by atoms with Gasteiger partial charge in [0.25, 0.3) is 0 Å². The van der Waals surface area contributed by atoms with Gasteiger partial charge in [0.2, 0.25) is 0 Å². The van der Waals surface area contributed by atoms with Crippen LogP contribution in [0.1, 0.15) is 94.1 Å². The molecule has 32 heavy (non-hydrogen) atoms. The molecule has 2 rings (SSSR count). The summed E-state index contributed by atoms with van der Waals surface area (Å²) in [6.07, 6.45) is 3.16. The molecule has 0 aliphatic heterocycles. The van der Waals surface area contributed by atoms with Gasteiger partial charge in [0.05, 0.1) is 0 Å². The molecule has 0 aliphatic carbocycles. The highest BCUT2D eigenvalue weighted by Gasteiger charge is 2.20. The molecule has 0 aliphatic rings. The van der Waals surface area contributed by atoms with E-state index in [1.807, 2.05) is 65.8 Å². The van der Waals surface area contributed by atoms with Crippen molar-refractivity contribution in [1.29, 1.82) is 0 Å². The normalized spacial score (nSPS) is 11.8. The van der Waals surface area contributed by atoms with Crippen LogP contribution in [0, 0.1) is 0 Å². The molecule has 0 amide bonds. The molecule has 0 atom stereocenters. The van der Waals surface area contributed by atoms with Crippen LogP contribution >= 0.6 is 23.5 Å². The van der Waals surface area contributed by atoms with Gasteiger partial charge < -0.3 is 0 Å². The van der Waals surface area contributed by atoms with Crippen LogP contribution in [0.5, 0.6) is 0 Å². The van der Waals surface area contributed by atoms with Gasteiger partial charge in [-0.3, -0.25) is 19.2 Å². The van der Waals surface area contributed by atoms with Crippen LogP contribution in [0.25, 0.3) is 0 Å². The third-order valence-electron chi connectivity index (χ3n) is 5.11. The van der Waals surface area contributed by atoms with E-state index in [0.29, 0.717) is 43.6 Å². The lowest BCUT2D eigenvalue weighted by atomic mass is 9.85. The number of aldehydes is 4. The number of carbonyl (C=O) groups is 4. The number of rotatable bonds is 9. The van der Waals surface area contributed by atoms with Gasteiger partial charge >= 0.3 is 0 Å². The number of benzene rings is 2. The van der Waals surface area contributed by atoms with Gasteiger partial charge in [0.15, 0.2) is 25.1 Å².